The Morgan fingerprint density at radius 2 is 2.09 bits per heavy atom. The van der Waals surface area contributed by atoms with Gasteiger partial charge in [0.2, 0.25) is 0 Å². The number of fused-ring (bicyclic) bond motifs is 1. The highest BCUT2D eigenvalue weighted by Gasteiger charge is 2.42. The Kier molecular flexibility index (Phi) is 4.90. The van der Waals surface area contributed by atoms with Crippen LogP contribution in [0.5, 0.6) is 0 Å². The van der Waals surface area contributed by atoms with Crippen LogP contribution >= 0.6 is 12.4 Å². The molecule has 2 aliphatic rings. The molecule has 1 aromatic rings. The van der Waals surface area contributed by atoms with Gasteiger partial charge >= 0.3 is 6.18 Å². The van der Waals surface area contributed by atoms with Crippen LogP contribution in [0.15, 0.2) is 18.2 Å². The second-order valence-corrected chi connectivity index (χ2v) is 5.68. The molecule has 3 rings (SSSR count). The van der Waals surface area contributed by atoms with Crippen molar-refractivity contribution < 1.29 is 18.0 Å². The maximum Gasteiger partial charge on any atom is 0.393 e. The molecule has 1 N–H and O–H groups in total. The van der Waals surface area contributed by atoms with Gasteiger partial charge in [0.15, 0.2) is 0 Å². The van der Waals surface area contributed by atoms with Crippen LogP contribution in [0, 0.1) is 5.92 Å². The van der Waals surface area contributed by atoms with Crippen molar-refractivity contribution in [1.29, 1.82) is 0 Å². The van der Waals surface area contributed by atoms with E-state index in [1.54, 1.807) is 12.1 Å². The van der Waals surface area contributed by atoms with E-state index >= 15 is 0 Å². The van der Waals surface area contributed by atoms with Gasteiger partial charge in [0.05, 0.1) is 5.92 Å². The normalized spacial score (nSPS) is 20.9. The molecule has 0 aromatic heterocycles. The second kappa shape index (κ2) is 6.36. The lowest BCUT2D eigenvalue weighted by atomic mass is 9.96. The zero-order chi connectivity index (χ0) is 15.0. The smallest absolute Gasteiger partial charge is 0.384 e. The van der Waals surface area contributed by atoms with Crippen molar-refractivity contribution >= 4 is 24.0 Å². The molecule has 1 saturated heterocycles. The Morgan fingerprint density at radius 3 is 2.82 bits per heavy atom. The van der Waals surface area contributed by atoms with Crippen LogP contribution in [0.3, 0.4) is 0 Å². The van der Waals surface area contributed by atoms with Gasteiger partial charge in [-0.05, 0) is 43.0 Å². The van der Waals surface area contributed by atoms with E-state index in [1.165, 1.54) is 4.90 Å². The molecule has 1 atom stereocenters. The van der Waals surface area contributed by atoms with E-state index in [2.05, 4.69) is 5.32 Å². The Morgan fingerprint density at radius 1 is 1.32 bits per heavy atom. The number of hydrogen-bond acceptors (Lipinski definition) is 2. The first-order valence-electron chi connectivity index (χ1n) is 7.18. The summed E-state index contributed by atoms with van der Waals surface area (Å²) in [6.07, 6.45) is -2.85. The second-order valence-electron chi connectivity index (χ2n) is 5.68. The number of hydrogen-bond donors (Lipinski definition) is 1. The molecular formula is C15H18ClF3N2O. The van der Waals surface area contributed by atoms with Crippen molar-refractivity contribution in [2.75, 3.05) is 25.0 Å². The molecule has 1 fully saturated rings. The molecule has 122 valence electrons. The number of anilines is 1. The van der Waals surface area contributed by atoms with Crippen molar-refractivity contribution in [3.05, 3.63) is 29.3 Å². The summed E-state index contributed by atoms with van der Waals surface area (Å²) in [5.74, 6) is -1.69. The molecule has 0 saturated carbocycles. The lowest BCUT2D eigenvalue weighted by molar-refractivity contribution is -0.184. The SMILES string of the molecule is Cl.O=C(c1ccc2c(c1)CCN2)N1CCCC(C(F)(F)F)C1. The highest BCUT2D eigenvalue weighted by atomic mass is 35.5. The van der Waals surface area contributed by atoms with Crippen LogP contribution in [-0.2, 0) is 6.42 Å². The largest absolute Gasteiger partial charge is 0.393 e. The third-order valence-electron chi connectivity index (χ3n) is 4.23. The molecule has 0 radical (unpaired) electrons. The number of nitrogens with one attached hydrogen (secondary N) is 1. The van der Waals surface area contributed by atoms with E-state index in [1.807, 2.05) is 6.07 Å². The van der Waals surface area contributed by atoms with E-state index in [9.17, 15) is 18.0 Å². The van der Waals surface area contributed by atoms with Crippen LogP contribution in [0.4, 0.5) is 18.9 Å². The number of rotatable bonds is 1. The topological polar surface area (TPSA) is 32.3 Å². The Bertz CT molecular complexity index is 562. The molecule has 0 spiro atoms. The van der Waals surface area contributed by atoms with Crippen LogP contribution in [0.1, 0.15) is 28.8 Å². The average molecular weight is 335 g/mol. The lowest BCUT2D eigenvalue weighted by Gasteiger charge is -2.33. The van der Waals surface area contributed by atoms with Gasteiger partial charge in [-0.15, -0.1) is 12.4 Å². The van der Waals surface area contributed by atoms with Crippen molar-refractivity contribution in [2.24, 2.45) is 5.92 Å². The lowest BCUT2D eigenvalue weighted by Crippen LogP contribution is -2.44. The molecule has 7 heteroatoms. The molecule has 2 aliphatic heterocycles. The number of likely N-dealkylation sites (tertiary alicyclic amines) is 1. The van der Waals surface area contributed by atoms with E-state index < -0.39 is 12.1 Å². The van der Waals surface area contributed by atoms with Crippen molar-refractivity contribution in [2.45, 2.75) is 25.4 Å². The minimum Gasteiger partial charge on any atom is -0.384 e. The monoisotopic (exact) mass is 334 g/mol. The summed E-state index contributed by atoms with van der Waals surface area (Å²) in [5.41, 5.74) is 2.56. The standard InChI is InChI=1S/C15H17F3N2O.ClH/c16-15(17,18)12-2-1-7-20(9-12)14(21)11-3-4-13-10(8-11)5-6-19-13;/h3-4,8,12,19H,1-2,5-7,9H2;1H. The van der Waals surface area contributed by atoms with Gasteiger partial charge in [0.25, 0.3) is 5.91 Å². The van der Waals surface area contributed by atoms with Gasteiger partial charge in [-0.2, -0.15) is 13.2 Å². The minimum atomic E-state index is -4.22. The summed E-state index contributed by atoms with van der Waals surface area (Å²) >= 11 is 0. The predicted molar refractivity (Wildman–Crippen MR) is 80.6 cm³/mol. The maximum absolute atomic E-state index is 12.8. The zero-order valence-corrected chi connectivity index (χ0v) is 12.8. The minimum absolute atomic E-state index is 0. The van der Waals surface area contributed by atoms with Crippen molar-refractivity contribution in [3.8, 4) is 0 Å². The Hall–Kier alpha value is -1.43. The van der Waals surface area contributed by atoms with Gasteiger partial charge in [-0.1, -0.05) is 0 Å². The number of piperidine rings is 1. The van der Waals surface area contributed by atoms with Gasteiger partial charge in [0.1, 0.15) is 0 Å². The summed E-state index contributed by atoms with van der Waals surface area (Å²) in [4.78, 5) is 13.7. The molecule has 22 heavy (non-hydrogen) atoms. The fourth-order valence-electron chi connectivity index (χ4n) is 3.05. The Balaban J connectivity index is 0.00000176. The number of amides is 1. The number of alkyl halides is 3. The fraction of sp³-hybridized carbons (Fsp3) is 0.533. The third kappa shape index (κ3) is 3.32. The van der Waals surface area contributed by atoms with Crippen LogP contribution in [-0.4, -0.2) is 36.6 Å². The predicted octanol–water partition coefficient (Wildman–Crippen LogP) is 3.49. The zero-order valence-electron chi connectivity index (χ0n) is 11.9. The molecule has 1 amide bonds. The molecule has 2 heterocycles. The molecular weight excluding hydrogens is 317 g/mol. The number of halogens is 4. The molecule has 3 nitrogen and oxygen atoms in total. The molecule has 0 bridgehead atoms. The fourth-order valence-corrected chi connectivity index (χ4v) is 3.05. The summed E-state index contributed by atoms with van der Waals surface area (Å²) in [7, 11) is 0. The van der Waals surface area contributed by atoms with Gasteiger partial charge in [-0.25, -0.2) is 0 Å². The third-order valence-corrected chi connectivity index (χ3v) is 4.23. The Labute approximate surface area is 133 Å². The van der Waals surface area contributed by atoms with E-state index in [-0.39, 0.29) is 31.3 Å². The van der Waals surface area contributed by atoms with Crippen LogP contribution in [0.25, 0.3) is 0 Å². The van der Waals surface area contributed by atoms with Crippen molar-refractivity contribution in [3.63, 3.8) is 0 Å². The molecule has 0 aliphatic carbocycles. The van der Waals surface area contributed by atoms with Crippen molar-refractivity contribution in [1.82, 2.24) is 4.90 Å². The van der Waals surface area contributed by atoms with Crippen LogP contribution in [0.2, 0.25) is 0 Å². The van der Waals surface area contributed by atoms with E-state index in [0.29, 0.717) is 18.5 Å². The first kappa shape index (κ1) is 16.9. The first-order valence-corrected chi connectivity index (χ1v) is 7.18. The molecule has 1 aromatic carbocycles. The maximum atomic E-state index is 12.8. The first-order chi connectivity index (χ1) is 9.95. The van der Waals surface area contributed by atoms with Gasteiger partial charge < -0.3 is 10.2 Å². The molecule has 1 unspecified atom stereocenters. The number of benzene rings is 1. The summed E-state index contributed by atoms with van der Waals surface area (Å²) < 4.78 is 38.4. The number of carbonyl (C=O) groups excluding carboxylic acids is 1. The number of carbonyl (C=O) groups is 1. The highest BCUT2D eigenvalue weighted by molar-refractivity contribution is 5.95. The van der Waals surface area contributed by atoms with E-state index in [0.717, 1.165) is 24.2 Å². The number of nitrogens with zero attached hydrogens (tertiary/aromatic N) is 1. The van der Waals surface area contributed by atoms with E-state index in [4.69, 9.17) is 0 Å². The van der Waals surface area contributed by atoms with Crippen LogP contribution < -0.4 is 5.32 Å². The highest BCUT2D eigenvalue weighted by Crippen LogP contribution is 2.33. The summed E-state index contributed by atoms with van der Waals surface area (Å²) in [6.45, 7) is 1.02. The summed E-state index contributed by atoms with van der Waals surface area (Å²) in [5, 5.41) is 3.20. The van der Waals surface area contributed by atoms with Gasteiger partial charge in [-0.3, -0.25) is 4.79 Å². The summed E-state index contributed by atoms with van der Waals surface area (Å²) in [6, 6.07) is 5.33. The quantitative estimate of drug-likeness (QED) is 0.852. The van der Waals surface area contributed by atoms with Gasteiger partial charge in [0, 0.05) is 30.9 Å². The average Bonchev–Trinajstić information content (AvgIpc) is 2.93.